The summed E-state index contributed by atoms with van der Waals surface area (Å²) in [5.41, 5.74) is 9.98. The van der Waals surface area contributed by atoms with Crippen LogP contribution in [0, 0.1) is 17.5 Å². The fraction of sp³-hybridized carbons (Fsp3) is 0.196. The van der Waals surface area contributed by atoms with E-state index in [2.05, 4.69) is 81.8 Å². The van der Waals surface area contributed by atoms with Gasteiger partial charge in [0.05, 0.1) is 0 Å². The third-order valence-electron chi connectivity index (χ3n) is 11.1. The number of hydrogen-bond acceptors (Lipinski definition) is 5. The molecular formula is C46H41IrN5-2. The molecular weight excluding hydrogens is 815 g/mol. The van der Waals surface area contributed by atoms with Crippen LogP contribution in [0.25, 0.3) is 56.7 Å². The van der Waals surface area contributed by atoms with Crippen molar-refractivity contribution in [1.29, 1.82) is 0 Å². The van der Waals surface area contributed by atoms with Crippen molar-refractivity contribution in [3.8, 4) is 56.7 Å². The summed E-state index contributed by atoms with van der Waals surface area (Å²) >= 11 is 0. The molecule has 6 heteroatoms. The zero-order chi connectivity index (χ0) is 35.6. The van der Waals surface area contributed by atoms with E-state index in [0.717, 1.165) is 39.2 Å². The third kappa shape index (κ3) is 6.89. The van der Waals surface area contributed by atoms with Crippen LogP contribution in [0.1, 0.15) is 52.7 Å². The predicted molar refractivity (Wildman–Crippen MR) is 207 cm³/mol. The molecule has 0 aliphatic heterocycles. The van der Waals surface area contributed by atoms with Crippen molar-refractivity contribution in [2.45, 2.75) is 52.4 Å². The first kappa shape index (κ1) is 36.6. The Labute approximate surface area is 321 Å². The molecule has 0 saturated carbocycles. The summed E-state index contributed by atoms with van der Waals surface area (Å²) in [5.74, 6) is 1.91. The quantitative estimate of drug-likeness (QED) is 0.161. The third-order valence-corrected chi connectivity index (χ3v) is 11.1. The van der Waals surface area contributed by atoms with Gasteiger partial charge in [-0.3, -0.25) is 0 Å². The zero-order valence-corrected chi connectivity index (χ0v) is 32.7. The molecule has 52 heavy (non-hydrogen) atoms. The van der Waals surface area contributed by atoms with Gasteiger partial charge in [0.2, 0.25) is 0 Å². The maximum atomic E-state index is 4.78. The monoisotopic (exact) mass is 856 g/mol. The largest absolute Gasteiger partial charge is 0.305 e. The van der Waals surface area contributed by atoms with Gasteiger partial charge in [-0.1, -0.05) is 132 Å². The molecule has 4 aromatic carbocycles. The Hall–Kier alpha value is -5.16. The first-order valence-corrected chi connectivity index (χ1v) is 17.3. The van der Waals surface area contributed by atoms with Gasteiger partial charge in [-0.25, -0.2) is 15.0 Å². The van der Waals surface area contributed by atoms with E-state index in [1.807, 2.05) is 115 Å². The number of rotatable bonds is 5. The zero-order valence-electron chi connectivity index (χ0n) is 30.3. The van der Waals surface area contributed by atoms with Crippen molar-refractivity contribution < 1.29 is 20.1 Å². The fourth-order valence-electron chi connectivity index (χ4n) is 6.86. The normalized spacial score (nSPS) is 14.7. The minimum Gasteiger partial charge on any atom is -0.305 e. The van der Waals surface area contributed by atoms with Gasteiger partial charge in [0.25, 0.3) is 0 Å². The van der Waals surface area contributed by atoms with E-state index in [9.17, 15) is 0 Å². The summed E-state index contributed by atoms with van der Waals surface area (Å²) in [6, 6.07) is 48.8. The van der Waals surface area contributed by atoms with E-state index >= 15 is 0 Å². The molecule has 261 valence electrons. The van der Waals surface area contributed by atoms with Gasteiger partial charge >= 0.3 is 0 Å². The molecule has 0 spiro atoms. The van der Waals surface area contributed by atoms with Crippen LogP contribution >= 0.6 is 0 Å². The van der Waals surface area contributed by atoms with Gasteiger partial charge in [-0.05, 0) is 39.8 Å². The number of fused-ring (bicyclic) bond motifs is 1. The summed E-state index contributed by atoms with van der Waals surface area (Å²) in [6.07, 6.45) is 3.62. The Morgan fingerprint density at radius 3 is 1.42 bits per heavy atom. The summed E-state index contributed by atoms with van der Waals surface area (Å²) in [4.78, 5) is 23.2. The van der Waals surface area contributed by atoms with Gasteiger partial charge in [-0.2, -0.15) is 0 Å². The molecule has 0 atom stereocenters. The molecule has 0 N–H and O–H groups in total. The van der Waals surface area contributed by atoms with Crippen LogP contribution in [0.3, 0.4) is 0 Å². The summed E-state index contributed by atoms with van der Waals surface area (Å²) in [6.45, 7) is 14.2. The van der Waals surface area contributed by atoms with Crippen LogP contribution in [0.2, 0.25) is 0 Å². The van der Waals surface area contributed by atoms with Crippen LogP contribution in [-0.2, 0) is 30.9 Å². The molecule has 0 saturated heterocycles. The second-order valence-electron chi connectivity index (χ2n) is 14.5. The molecule has 0 amide bonds. The minimum atomic E-state index is 0. The van der Waals surface area contributed by atoms with Crippen molar-refractivity contribution in [3.05, 3.63) is 163 Å². The molecule has 3 aromatic heterocycles. The molecule has 1 aliphatic rings. The fourth-order valence-corrected chi connectivity index (χ4v) is 6.86. The smallest absolute Gasteiger partial charge is 0.164 e. The van der Waals surface area contributed by atoms with Gasteiger partial charge in [-0.15, -0.1) is 64.7 Å². The average molecular weight is 856 g/mol. The number of benzene rings is 4. The molecule has 1 radical (unpaired) electrons. The van der Waals surface area contributed by atoms with E-state index in [0.29, 0.717) is 17.5 Å². The number of hydrogen-bond donors (Lipinski definition) is 0. The van der Waals surface area contributed by atoms with Gasteiger partial charge in [0, 0.05) is 43.6 Å². The second kappa shape index (κ2) is 14.8. The maximum absolute atomic E-state index is 4.78. The van der Waals surface area contributed by atoms with E-state index in [4.69, 9.17) is 15.0 Å². The molecule has 8 rings (SSSR count). The molecule has 7 aromatic rings. The molecule has 5 nitrogen and oxygen atoms in total. The van der Waals surface area contributed by atoms with Crippen LogP contribution < -0.4 is 0 Å². The first-order valence-electron chi connectivity index (χ1n) is 17.3. The van der Waals surface area contributed by atoms with Crippen LogP contribution in [-0.4, -0.2) is 24.9 Å². The second-order valence-corrected chi connectivity index (χ2v) is 14.5. The summed E-state index contributed by atoms with van der Waals surface area (Å²) in [7, 11) is 0. The van der Waals surface area contributed by atoms with E-state index < -0.39 is 0 Å². The standard InChI is InChI=1S/C26H17N4.C20H24N.Ir/c1-3-10-19(11-4-1)24-28-25(20-12-5-2-6-13-20)30-26(29-24)22-15-9-14-21(18-22)23-16-7-8-17-27-23;1-18(2)15-11-10-14(17-9-7-8-12-21-17)13-16(15)19(3,4)20(18,5)6;/h1-13,15-18H;7-9,11-13H,1-6H3;/q2*-1;. The topological polar surface area (TPSA) is 64.5 Å². The predicted octanol–water partition coefficient (Wildman–Crippen LogP) is 10.9. The Morgan fingerprint density at radius 1 is 0.462 bits per heavy atom. The molecule has 0 fully saturated rings. The van der Waals surface area contributed by atoms with Crippen molar-refractivity contribution in [1.82, 2.24) is 24.9 Å². The van der Waals surface area contributed by atoms with Crippen LogP contribution in [0.5, 0.6) is 0 Å². The van der Waals surface area contributed by atoms with Gasteiger partial charge in [0.1, 0.15) is 5.82 Å². The van der Waals surface area contributed by atoms with Gasteiger partial charge < -0.3 is 9.97 Å². The SMILES string of the molecule is CC1(C)c2c[c-]c(-c3ccccn3)cc2C(C)(C)C1(C)C.[Ir].[c-]1ccc(-c2nc(-c3ccccc3)nc(-c3ccccc3)n2)cc1-c1ccccn1. The Kier molecular flexibility index (Phi) is 10.4. The first-order chi connectivity index (χ1) is 24.6. The maximum Gasteiger partial charge on any atom is 0.164 e. The van der Waals surface area contributed by atoms with Gasteiger partial charge in [0.15, 0.2) is 11.6 Å². The van der Waals surface area contributed by atoms with Crippen molar-refractivity contribution in [2.75, 3.05) is 0 Å². The number of pyridine rings is 2. The molecule has 3 heterocycles. The summed E-state index contributed by atoms with van der Waals surface area (Å²) in [5, 5.41) is 0. The van der Waals surface area contributed by atoms with Crippen molar-refractivity contribution in [2.24, 2.45) is 5.41 Å². The van der Waals surface area contributed by atoms with E-state index in [1.54, 1.807) is 6.20 Å². The number of aromatic nitrogens is 5. The minimum absolute atomic E-state index is 0. The molecule has 0 unspecified atom stereocenters. The van der Waals surface area contributed by atoms with Crippen molar-refractivity contribution >= 4 is 0 Å². The Morgan fingerprint density at radius 2 is 0.923 bits per heavy atom. The van der Waals surface area contributed by atoms with E-state index in [1.165, 1.54) is 11.1 Å². The average Bonchev–Trinajstić information content (AvgIpc) is 3.29. The molecule has 1 aliphatic carbocycles. The van der Waals surface area contributed by atoms with Crippen LogP contribution in [0.15, 0.2) is 140 Å². The Balaban J connectivity index is 0.000000186. The van der Waals surface area contributed by atoms with Crippen molar-refractivity contribution in [3.63, 3.8) is 0 Å². The Bertz CT molecular complexity index is 2210. The van der Waals surface area contributed by atoms with Crippen LogP contribution in [0.4, 0.5) is 0 Å². The number of nitrogens with zero attached hydrogens (tertiary/aromatic N) is 5. The summed E-state index contributed by atoms with van der Waals surface area (Å²) < 4.78 is 0. The molecule has 0 bridgehead atoms. The van der Waals surface area contributed by atoms with E-state index in [-0.39, 0.29) is 36.4 Å².